The van der Waals surface area contributed by atoms with E-state index in [0.29, 0.717) is 13.1 Å². The highest BCUT2D eigenvalue weighted by atomic mass is 32.2. The van der Waals surface area contributed by atoms with Gasteiger partial charge in [0.15, 0.2) is 0 Å². The molecule has 4 rings (SSSR count). The molecule has 1 aromatic carbocycles. The Morgan fingerprint density at radius 3 is 2.19 bits per heavy atom. The topological polar surface area (TPSA) is 43.9 Å². The summed E-state index contributed by atoms with van der Waals surface area (Å²) in [5, 5.41) is 0. The van der Waals surface area contributed by atoms with Gasteiger partial charge in [-0.3, -0.25) is 4.90 Å². The van der Waals surface area contributed by atoms with Crippen LogP contribution in [0.25, 0.3) is 0 Å². The lowest BCUT2D eigenvalue weighted by Gasteiger charge is -2.35. The Kier molecular flexibility index (Phi) is 5.26. The molecular weight excluding hydrogens is 346 g/mol. The lowest BCUT2D eigenvalue weighted by atomic mass is 10.0. The maximum absolute atomic E-state index is 11.7. The molecule has 0 spiro atoms. The molecule has 0 amide bonds. The second kappa shape index (κ2) is 7.49. The monoisotopic (exact) mass is 377 g/mol. The molecule has 5 nitrogen and oxygen atoms in total. The second-order valence-corrected chi connectivity index (χ2v) is 10.1. The predicted octanol–water partition coefficient (Wildman–Crippen LogP) is 2.11. The molecule has 0 atom stereocenters. The SMILES string of the molecule is CS(=O)(=O)N1CCN(c2ccc3c(c2)CCN(C2CCCC2)CC3)CC1. The van der Waals surface area contributed by atoms with Crippen LogP contribution < -0.4 is 4.90 Å². The Hall–Kier alpha value is -1.11. The number of anilines is 1. The van der Waals surface area contributed by atoms with Gasteiger partial charge < -0.3 is 4.90 Å². The molecule has 0 N–H and O–H groups in total. The first-order chi connectivity index (χ1) is 12.5. The summed E-state index contributed by atoms with van der Waals surface area (Å²) in [6.07, 6.45) is 9.17. The Morgan fingerprint density at radius 2 is 1.54 bits per heavy atom. The first-order valence-electron chi connectivity index (χ1n) is 10.1. The van der Waals surface area contributed by atoms with Crippen molar-refractivity contribution in [3.05, 3.63) is 29.3 Å². The van der Waals surface area contributed by atoms with Crippen molar-refractivity contribution in [2.45, 2.75) is 44.6 Å². The molecule has 1 saturated heterocycles. The molecule has 0 radical (unpaired) electrons. The zero-order valence-electron chi connectivity index (χ0n) is 15.9. The maximum Gasteiger partial charge on any atom is 0.211 e. The van der Waals surface area contributed by atoms with Gasteiger partial charge >= 0.3 is 0 Å². The quantitative estimate of drug-likeness (QED) is 0.809. The fourth-order valence-corrected chi connectivity index (χ4v) is 5.66. The van der Waals surface area contributed by atoms with Gasteiger partial charge in [0, 0.05) is 51.0 Å². The highest BCUT2D eigenvalue weighted by Crippen LogP contribution is 2.28. The maximum atomic E-state index is 11.7. The summed E-state index contributed by atoms with van der Waals surface area (Å²) < 4.78 is 25.0. The first-order valence-corrected chi connectivity index (χ1v) is 11.9. The number of hydrogen-bond acceptors (Lipinski definition) is 4. The highest BCUT2D eigenvalue weighted by molar-refractivity contribution is 7.88. The van der Waals surface area contributed by atoms with Gasteiger partial charge in [-0.2, -0.15) is 4.31 Å². The van der Waals surface area contributed by atoms with Crippen LogP contribution in [0.4, 0.5) is 5.69 Å². The molecule has 1 saturated carbocycles. The van der Waals surface area contributed by atoms with Crippen LogP contribution in [-0.4, -0.2) is 69.2 Å². The van der Waals surface area contributed by atoms with E-state index in [0.717, 1.165) is 32.0 Å². The molecule has 2 fully saturated rings. The number of nitrogens with zero attached hydrogens (tertiary/aromatic N) is 3. The van der Waals surface area contributed by atoms with Crippen LogP contribution in [-0.2, 0) is 22.9 Å². The van der Waals surface area contributed by atoms with Crippen LogP contribution in [0.15, 0.2) is 18.2 Å². The molecule has 2 aliphatic heterocycles. The third kappa shape index (κ3) is 3.92. The average molecular weight is 378 g/mol. The van der Waals surface area contributed by atoms with Gasteiger partial charge in [-0.15, -0.1) is 0 Å². The van der Waals surface area contributed by atoms with Crippen molar-refractivity contribution < 1.29 is 8.42 Å². The number of piperazine rings is 1. The number of rotatable bonds is 3. The van der Waals surface area contributed by atoms with Crippen molar-refractivity contribution >= 4 is 15.7 Å². The normalized spacial score (nSPS) is 23.8. The van der Waals surface area contributed by atoms with Gasteiger partial charge in [0.25, 0.3) is 0 Å². The number of benzene rings is 1. The van der Waals surface area contributed by atoms with Crippen LogP contribution in [0.1, 0.15) is 36.8 Å². The molecule has 26 heavy (non-hydrogen) atoms. The minimum absolute atomic E-state index is 0.589. The summed E-state index contributed by atoms with van der Waals surface area (Å²) in [4.78, 5) is 5.05. The van der Waals surface area contributed by atoms with Crippen molar-refractivity contribution in [1.82, 2.24) is 9.21 Å². The van der Waals surface area contributed by atoms with Gasteiger partial charge in [-0.25, -0.2) is 8.42 Å². The number of hydrogen-bond donors (Lipinski definition) is 0. The molecule has 3 aliphatic rings. The lowest BCUT2D eigenvalue weighted by molar-refractivity contribution is 0.208. The molecule has 0 bridgehead atoms. The van der Waals surface area contributed by atoms with Crippen molar-refractivity contribution in [3.63, 3.8) is 0 Å². The van der Waals surface area contributed by atoms with Crippen LogP contribution in [0, 0.1) is 0 Å². The summed E-state index contributed by atoms with van der Waals surface area (Å²) in [6.45, 7) is 5.11. The van der Waals surface area contributed by atoms with Crippen molar-refractivity contribution in [2.24, 2.45) is 0 Å². The molecule has 1 aliphatic carbocycles. The smallest absolute Gasteiger partial charge is 0.211 e. The number of fused-ring (bicyclic) bond motifs is 1. The zero-order valence-corrected chi connectivity index (χ0v) is 16.7. The molecule has 0 aromatic heterocycles. The zero-order chi connectivity index (χ0) is 18.1. The summed E-state index contributed by atoms with van der Waals surface area (Å²) in [5.74, 6) is 0. The minimum atomic E-state index is -3.06. The van der Waals surface area contributed by atoms with Gasteiger partial charge in [0.05, 0.1) is 6.26 Å². The van der Waals surface area contributed by atoms with Crippen molar-refractivity contribution in [1.29, 1.82) is 0 Å². The fourth-order valence-electron chi connectivity index (χ4n) is 4.84. The van der Waals surface area contributed by atoms with E-state index in [-0.39, 0.29) is 0 Å². The summed E-state index contributed by atoms with van der Waals surface area (Å²) in [7, 11) is -3.06. The molecule has 1 aromatic rings. The van der Waals surface area contributed by atoms with Crippen molar-refractivity contribution in [3.8, 4) is 0 Å². The van der Waals surface area contributed by atoms with E-state index in [9.17, 15) is 8.42 Å². The van der Waals surface area contributed by atoms with Crippen LogP contribution >= 0.6 is 0 Å². The Labute approximate surface area is 158 Å². The summed E-state index contributed by atoms with van der Waals surface area (Å²) in [5.41, 5.74) is 4.25. The van der Waals surface area contributed by atoms with E-state index >= 15 is 0 Å². The fraction of sp³-hybridized carbons (Fsp3) is 0.700. The van der Waals surface area contributed by atoms with Crippen molar-refractivity contribution in [2.75, 3.05) is 50.4 Å². The lowest BCUT2D eigenvalue weighted by Crippen LogP contribution is -2.48. The Bertz CT molecular complexity index is 735. The van der Waals surface area contributed by atoms with Gasteiger partial charge in [0.2, 0.25) is 10.0 Å². The van der Waals surface area contributed by atoms with E-state index in [2.05, 4.69) is 28.0 Å². The first kappa shape index (κ1) is 18.3. The standard InChI is InChI=1S/C20H31N3O2S/c1-26(24,25)23-14-12-22(13-15-23)20-7-6-17-8-10-21(11-9-18(17)16-20)19-4-2-3-5-19/h6-7,16,19H,2-5,8-15H2,1H3. The molecule has 2 heterocycles. The molecule has 144 valence electrons. The van der Waals surface area contributed by atoms with Crippen LogP contribution in [0.5, 0.6) is 0 Å². The third-order valence-corrected chi connectivity index (χ3v) is 7.74. The molecular formula is C20H31N3O2S. The summed E-state index contributed by atoms with van der Waals surface area (Å²) >= 11 is 0. The van der Waals surface area contributed by atoms with E-state index in [1.54, 1.807) is 4.31 Å². The largest absolute Gasteiger partial charge is 0.369 e. The minimum Gasteiger partial charge on any atom is -0.369 e. The van der Waals surface area contributed by atoms with E-state index in [1.165, 1.54) is 61.8 Å². The van der Waals surface area contributed by atoms with Gasteiger partial charge in [0.1, 0.15) is 0 Å². The van der Waals surface area contributed by atoms with E-state index in [4.69, 9.17) is 0 Å². The van der Waals surface area contributed by atoms with E-state index < -0.39 is 10.0 Å². The highest BCUT2D eigenvalue weighted by Gasteiger charge is 2.26. The van der Waals surface area contributed by atoms with Gasteiger partial charge in [-0.1, -0.05) is 18.9 Å². The summed E-state index contributed by atoms with van der Waals surface area (Å²) in [6, 6.07) is 7.73. The molecule has 0 unspecified atom stereocenters. The molecule has 6 heteroatoms. The van der Waals surface area contributed by atoms with E-state index in [1.807, 2.05) is 0 Å². The van der Waals surface area contributed by atoms with Crippen LogP contribution in [0.3, 0.4) is 0 Å². The Balaban J connectivity index is 1.42. The Morgan fingerprint density at radius 1 is 0.885 bits per heavy atom. The van der Waals surface area contributed by atoms with Gasteiger partial charge in [-0.05, 0) is 48.9 Å². The second-order valence-electron chi connectivity index (χ2n) is 8.08. The average Bonchev–Trinajstić information content (AvgIpc) is 3.08. The third-order valence-electron chi connectivity index (χ3n) is 6.44. The predicted molar refractivity (Wildman–Crippen MR) is 106 cm³/mol. The number of sulfonamides is 1. The van der Waals surface area contributed by atoms with Crippen LogP contribution in [0.2, 0.25) is 0 Å².